The molecule has 1 N–H and O–H groups in total. The highest BCUT2D eigenvalue weighted by atomic mass is 15.2. The highest BCUT2D eigenvalue weighted by molar-refractivity contribution is 4.79. The van der Waals surface area contributed by atoms with Gasteiger partial charge >= 0.3 is 0 Å². The van der Waals surface area contributed by atoms with Crippen LogP contribution >= 0.6 is 0 Å². The standard InChI is InChI=1S/C16H33N3/c1-14-6-4-7-16(12-14)17-8-11-19-10-5-9-18(3)13-15(19)2/h14-17H,4-13H2,1-3H3. The van der Waals surface area contributed by atoms with Gasteiger partial charge in [-0.3, -0.25) is 4.90 Å². The summed E-state index contributed by atoms with van der Waals surface area (Å²) >= 11 is 0. The first kappa shape index (κ1) is 15.3. The summed E-state index contributed by atoms with van der Waals surface area (Å²) in [4.78, 5) is 5.14. The van der Waals surface area contributed by atoms with Crippen molar-refractivity contribution in [3.8, 4) is 0 Å². The predicted octanol–water partition coefficient (Wildman–Crippen LogP) is 2.18. The Morgan fingerprint density at radius 3 is 2.74 bits per heavy atom. The van der Waals surface area contributed by atoms with Crippen molar-refractivity contribution >= 4 is 0 Å². The number of hydrogen-bond acceptors (Lipinski definition) is 3. The Morgan fingerprint density at radius 1 is 1.11 bits per heavy atom. The molecule has 3 nitrogen and oxygen atoms in total. The molecule has 1 heterocycles. The van der Waals surface area contributed by atoms with Gasteiger partial charge in [0.25, 0.3) is 0 Å². The van der Waals surface area contributed by atoms with Crippen LogP contribution in [0.4, 0.5) is 0 Å². The summed E-state index contributed by atoms with van der Waals surface area (Å²) in [5.41, 5.74) is 0. The van der Waals surface area contributed by atoms with Crippen molar-refractivity contribution in [2.75, 3.05) is 39.8 Å². The summed E-state index contributed by atoms with van der Waals surface area (Å²) in [6.45, 7) is 10.9. The van der Waals surface area contributed by atoms with Crippen molar-refractivity contribution in [1.82, 2.24) is 15.1 Å². The fourth-order valence-corrected chi connectivity index (χ4v) is 3.79. The summed E-state index contributed by atoms with van der Waals surface area (Å²) < 4.78 is 0. The monoisotopic (exact) mass is 267 g/mol. The molecule has 3 heteroatoms. The zero-order chi connectivity index (χ0) is 13.7. The van der Waals surface area contributed by atoms with Gasteiger partial charge in [0.1, 0.15) is 0 Å². The van der Waals surface area contributed by atoms with Crippen LogP contribution in [0.1, 0.15) is 46.0 Å². The molecule has 1 aliphatic carbocycles. The molecule has 1 saturated carbocycles. The average Bonchev–Trinajstić information content (AvgIpc) is 2.51. The summed E-state index contributed by atoms with van der Waals surface area (Å²) in [5, 5.41) is 3.80. The molecular weight excluding hydrogens is 234 g/mol. The molecule has 3 atom stereocenters. The minimum atomic E-state index is 0.708. The lowest BCUT2D eigenvalue weighted by Gasteiger charge is -2.31. The lowest BCUT2D eigenvalue weighted by molar-refractivity contribution is 0.196. The van der Waals surface area contributed by atoms with Crippen LogP contribution in [-0.2, 0) is 0 Å². The van der Waals surface area contributed by atoms with E-state index in [-0.39, 0.29) is 0 Å². The quantitative estimate of drug-likeness (QED) is 0.842. The zero-order valence-electron chi connectivity index (χ0n) is 13.2. The number of hydrogen-bond donors (Lipinski definition) is 1. The van der Waals surface area contributed by atoms with E-state index in [2.05, 4.69) is 36.0 Å². The number of rotatable bonds is 4. The van der Waals surface area contributed by atoms with Crippen LogP contribution < -0.4 is 5.32 Å². The molecule has 0 amide bonds. The van der Waals surface area contributed by atoms with Gasteiger partial charge in [-0.05, 0) is 52.2 Å². The first-order valence-corrected chi connectivity index (χ1v) is 8.31. The average molecular weight is 267 g/mol. The van der Waals surface area contributed by atoms with Gasteiger partial charge in [-0.25, -0.2) is 0 Å². The van der Waals surface area contributed by atoms with E-state index in [4.69, 9.17) is 0 Å². The van der Waals surface area contributed by atoms with Gasteiger partial charge in [-0.15, -0.1) is 0 Å². The van der Waals surface area contributed by atoms with Gasteiger partial charge in [0, 0.05) is 31.7 Å². The van der Waals surface area contributed by atoms with E-state index < -0.39 is 0 Å². The minimum absolute atomic E-state index is 0.708. The van der Waals surface area contributed by atoms with Crippen molar-refractivity contribution in [2.45, 2.75) is 58.0 Å². The molecular formula is C16H33N3. The first-order chi connectivity index (χ1) is 9.15. The molecule has 2 rings (SSSR count). The lowest BCUT2D eigenvalue weighted by atomic mass is 9.87. The van der Waals surface area contributed by atoms with E-state index in [0.29, 0.717) is 6.04 Å². The number of nitrogens with one attached hydrogen (secondary N) is 1. The topological polar surface area (TPSA) is 18.5 Å². The van der Waals surface area contributed by atoms with E-state index >= 15 is 0 Å². The second-order valence-electron chi connectivity index (χ2n) is 6.92. The van der Waals surface area contributed by atoms with E-state index in [1.54, 1.807) is 0 Å². The molecule has 0 radical (unpaired) electrons. The van der Waals surface area contributed by atoms with Gasteiger partial charge in [-0.1, -0.05) is 19.8 Å². The normalized spacial score (nSPS) is 35.2. The van der Waals surface area contributed by atoms with Gasteiger partial charge in [0.05, 0.1) is 0 Å². The molecule has 0 spiro atoms. The van der Waals surface area contributed by atoms with Crippen molar-refractivity contribution in [1.29, 1.82) is 0 Å². The van der Waals surface area contributed by atoms with Crippen molar-refractivity contribution < 1.29 is 0 Å². The molecule has 3 unspecified atom stereocenters. The van der Waals surface area contributed by atoms with Crippen molar-refractivity contribution in [2.24, 2.45) is 5.92 Å². The molecule has 0 aromatic heterocycles. The molecule has 19 heavy (non-hydrogen) atoms. The van der Waals surface area contributed by atoms with Crippen LogP contribution in [0.15, 0.2) is 0 Å². The fraction of sp³-hybridized carbons (Fsp3) is 1.00. The molecule has 1 aliphatic heterocycles. The van der Waals surface area contributed by atoms with Crippen LogP contribution in [0.5, 0.6) is 0 Å². The molecule has 1 saturated heterocycles. The third-order valence-corrected chi connectivity index (χ3v) is 4.95. The van der Waals surface area contributed by atoms with E-state index in [1.807, 2.05) is 0 Å². The lowest BCUT2D eigenvalue weighted by Crippen LogP contribution is -2.44. The van der Waals surface area contributed by atoms with Gasteiger partial charge in [-0.2, -0.15) is 0 Å². The summed E-state index contributed by atoms with van der Waals surface area (Å²) in [6, 6.07) is 1.49. The highest BCUT2D eigenvalue weighted by Gasteiger charge is 2.21. The third-order valence-electron chi connectivity index (χ3n) is 4.95. The van der Waals surface area contributed by atoms with Crippen LogP contribution in [0.25, 0.3) is 0 Å². The van der Waals surface area contributed by atoms with E-state index in [1.165, 1.54) is 64.8 Å². The molecule has 112 valence electrons. The second kappa shape index (κ2) is 7.61. The van der Waals surface area contributed by atoms with Gasteiger partial charge in [0.15, 0.2) is 0 Å². The highest BCUT2D eigenvalue weighted by Crippen LogP contribution is 2.23. The maximum Gasteiger partial charge on any atom is 0.0195 e. The SMILES string of the molecule is CC1CCCC(NCCN2CCCN(C)CC2C)C1. The van der Waals surface area contributed by atoms with Crippen LogP contribution in [0.3, 0.4) is 0 Å². The molecule has 0 aromatic carbocycles. The maximum atomic E-state index is 3.80. The van der Waals surface area contributed by atoms with E-state index in [0.717, 1.165) is 12.0 Å². The number of nitrogens with zero attached hydrogens (tertiary/aromatic N) is 2. The van der Waals surface area contributed by atoms with Gasteiger partial charge < -0.3 is 10.2 Å². The van der Waals surface area contributed by atoms with Crippen LogP contribution in [-0.4, -0.2) is 61.7 Å². The van der Waals surface area contributed by atoms with Crippen molar-refractivity contribution in [3.05, 3.63) is 0 Å². The van der Waals surface area contributed by atoms with Crippen molar-refractivity contribution in [3.63, 3.8) is 0 Å². The third kappa shape index (κ3) is 5.05. The maximum absolute atomic E-state index is 3.80. The molecule has 2 fully saturated rings. The number of likely N-dealkylation sites (N-methyl/N-ethyl adjacent to an activating group) is 1. The molecule has 2 aliphatic rings. The largest absolute Gasteiger partial charge is 0.313 e. The first-order valence-electron chi connectivity index (χ1n) is 8.31. The van der Waals surface area contributed by atoms with E-state index in [9.17, 15) is 0 Å². The Morgan fingerprint density at radius 2 is 1.95 bits per heavy atom. The smallest absolute Gasteiger partial charge is 0.0195 e. The Kier molecular flexibility index (Phi) is 6.11. The zero-order valence-corrected chi connectivity index (χ0v) is 13.2. The Labute approximate surface area is 119 Å². The molecule has 0 bridgehead atoms. The molecule has 0 aromatic rings. The Hall–Kier alpha value is -0.120. The Bertz CT molecular complexity index is 256. The van der Waals surface area contributed by atoms with Crippen LogP contribution in [0, 0.1) is 5.92 Å². The minimum Gasteiger partial charge on any atom is -0.313 e. The predicted molar refractivity (Wildman–Crippen MR) is 82.6 cm³/mol. The summed E-state index contributed by atoms with van der Waals surface area (Å²) in [5.74, 6) is 0.928. The summed E-state index contributed by atoms with van der Waals surface area (Å²) in [7, 11) is 2.25. The van der Waals surface area contributed by atoms with Crippen LogP contribution in [0.2, 0.25) is 0 Å². The fourth-order valence-electron chi connectivity index (χ4n) is 3.79. The second-order valence-corrected chi connectivity index (χ2v) is 6.92. The van der Waals surface area contributed by atoms with Gasteiger partial charge in [0.2, 0.25) is 0 Å². The Balaban J connectivity index is 1.66. The summed E-state index contributed by atoms with van der Waals surface area (Å²) in [6.07, 6.45) is 6.96.